The number of nitrogens with zero attached hydrogens (tertiary/aromatic N) is 2. The quantitative estimate of drug-likeness (QED) is 0.441. The highest BCUT2D eigenvalue weighted by Crippen LogP contribution is 2.51. The lowest BCUT2D eigenvalue weighted by Crippen LogP contribution is -2.54. The lowest BCUT2D eigenvalue weighted by molar-refractivity contribution is -0.158. The zero-order chi connectivity index (χ0) is 30.7. The Morgan fingerprint density at radius 1 is 1.12 bits per heavy atom. The summed E-state index contributed by atoms with van der Waals surface area (Å²) in [4.78, 5) is 57.3. The van der Waals surface area contributed by atoms with Crippen LogP contribution in [0.1, 0.15) is 51.2 Å². The van der Waals surface area contributed by atoms with Crippen molar-refractivity contribution in [3.8, 4) is 5.75 Å². The minimum Gasteiger partial charge on any atom is -0.497 e. The molecule has 2 atom stereocenters. The van der Waals surface area contributed by atoms with Gasteiger partial charge in [-0.2, -0.15) is 0 Å². The summed E-state index contributed by atoms with van der Waals surface area (Å²) >= 11 is 0. The van der Waals surface area contributed by atoms with E-state index >= 15 is 0 Å². The average Bonchev–Trinajstić information content (AvgIpc) is 3.46. The van der Waals surface area contributed by atoms with E-state index in [-0.39, 0.29) is 39.2 Å². The van der Waals surface area contributed by atoms with Crippen LogP contribution >= 0.6 is 0 Å². The van der Waals surface area contributed by atoms with Crippen LogP contribution in [-0.2, 0) is 36.9 Å². The number of carbonyl (C=O) groups excluding carboxylic acids is 4. The maximum absolute atomic E-state index is 14.2. The predicted molar refractivity (Wildman–Crippen MR) is 152 cm³/mol. The molecule has 2 aliphatic rings. The lowest BCUT2D eigenvalue weighted by atomic mass is 9.71. The topological polar surface area (TPSA) is 128 Å². The molecule has 0 bridgehead atoms. The van der Waals surface area contributed by atoms with E-state index in [4.69, 9.17) is 18.6 Å². The predicted octanol–water partition coefficient (Wildman–Crippen LogP) is 3.95. The van der Waals surface area contributed by atoms with Gasteiger partial charge in [0, 0.05) is 25.2 Å². The van der Waals surface area contributed by atoms with Crippen LogP contribution in [0.15, 0.2) is 52.6 Å². The molecule has 4 rings (SSSR count). The molecule has 3 amide bonds. The molecule has 3 heterocycles. The lowest BCUT2D eigenvalue weighted by Gasteiger charge is -2.40. The van der Waals surface area contributed by atoms with Crippen molar-refractivity contribution in [3.63, 3.8) is 0 Å². The molecule has 0 spiro atoms. The van der Waals surface area contributed by atoms with Gasteiger partial charge in [0.15, 0.2) is 0 Å². The smallest absolute Gasteiger partial charge is 0.410 e. The molecule has 1 fully saturated rings. The molecule has 1 N–H and O–H groups in total. The molecule has 11 heteroatoms. The molecule has 1 aromatic heterocycles. The van der Waals surface area contributed by atoms with Gasteiger partial charge in [0.2, 0.25) is 11.8 Å². The molecular formula is C31H39N3O8. The molecule has 1 aromatic carbocycles. The number of aryl methyl sites for hydroxylation is 1. The van der Waals surface area contributed by atoms with Crippen molar-refractivity contribution >= 4 is 23.9 Å². The van der Waals surface area contributed by atoms with Crippen LogP contribution in [0, 0.1) is 18.3 Å². The number of hydrogen-bond acceptors (Lipinski definition) is 8. The Labute approximate surface area is 245 Å². The van der Waals surface area contributed by atoms with Crippen LogP contribution in [0.5, 0.6) is 5.75 Å². The first-order chi connectivity index (χ1) is 19.9. The van der Waals surface area contributed by atoms with E-state index in [0.29, 0.717) is 23.0 Å². The fourth-order valence-corrected chi connectivity index (χ4v) is 5.38. The van der Waals surface area contributed by atoms with E-state index < -0.39 is 40.8 Å². The molecule has 0 unspecified atom stereocenters. The molecule has 2 aromatic rings. The van der Waals surface area contributed by atoms with Crippen molar-refractivity contribution in [3.05, 3.63) is 65.3 Å². The van der Waals surface area contributed by atoms with Crippen molar-refractivity contribution in [2.24, 2.45) is 11.3 Å². The van der Waals surface area contributed by atoms with E-state index in [0.717, 1.165) is 5.56 Å². The Morgan fingerprint density at radius 3 is 2.43 bits per heavy atom. The Hall–Kier alpha value is -4.28. The summed E-state index contributed by atoms with van der Waals surface area (Å²) in [6.45, 7) is 9.02. The summed E-state index contributed by atoms with van der Waals surface area (Å²) in [5.74, 6) is -0.696. The van der Waals surface area contributed by atoms with Crippen molar-refractivity contribution in [2.75, 3.05) is 26.8 Å². The van der Waals surface area contributed by atoms with Gasteiger partial charge in [-0.3, -0.25) is 14.4 Å². The largest absolute Gasteiger partial charge is 0.497 e. The highest BCUT2D eigenvalue weighted by atomic mass is 16.6. The van der Waals surface area contributed by atoms with Crippen LogP contribution in [-0.4, -0.2) is 66.1 Å². The van der Waals surface area contributed by atoms with E-state index in [1.807, 2.05) is 12.1 Å². The fourth-order valence-electron chi connectivity index (χ4n) is 5.38. The number of ether oxygens (including phenoxy) is 3. The highest BCUT2D eigenvalue weighted by molar-refractivity contribution is 5.99. The molecule has 42 heavy (non-hydrogen) atoms. The molecule has 0 aliphatic carbocycles. The number of likely N-dealkylation sites (tertiary alicyclic amines) is 1. The van der Waals surface area contributed by atoms with Crippen molar-refractivity contribution < 1.29 is 37.8 Å². The molecular weight excluding hydrogens is 542 g/mol. The van der Waals surface area contributed by atoms with E-state index in [2.05, 4.69) is 5.32 Å². The van der Waals surface area contributed by atoms with Gasteiger partial charge in [0.25, 0.3) is 0 Å². The average molecular weight is 582 g/mol. The Balaban J connectivity index is 1.71. The van der Waals surface area contributed by atoms with Gasteiger partial charge < -0.3 is 33.7 Å². The van der Waals surface area contributed by atoms with E-state index in [1.54, 1.807) is 72.1 Å². The van der Waals surface area contributed by atoms with Gasteiger partial charge in [-0.1, -0.05) is 12.1 Å². The first kappa shape index (κ1) is 30.7. The van der Waals surface area contributed by atoms with Gasteiger partial charge in [0.1, 0.15) is 28.3 Å². The Bertz CT molecular complexity index is 1360. The second-order valence-corrected chi connectivity index (χ2v) is 11.5. The zero-order valence-electron chi connectivity index (χ0n) is 25.0. The fraction of sp³-hybridized carbons (Fsp3) is 0.484. The molecule has 0 saturated carbocycles. The van der Waals surface area contributed by atoms with Crippen LogP contribution < -0.4 is 10.1 Å². The third-order valence-electron chi connectivity index (χ3n) is 7.29. The zero-order valence-corrected chi connectivity index (χ0v) is 25.0. The maximum atomic E-state index is 14.2. The molecule has 0 radical (unpaired) electrons. The first-order valence-corrected chi connectivity index (χ1v) is 14.0. The second kappa shape index (κ2) is 12.3. The van der Waals surface area contributed by atoms with Crippen molar-refractivity contribution in [1.82, 2.24) is 15.1 Å². The monoisotopic (exact) mass is 581 g/mol. The molecule has 226 valence electrons. The van der Waals surface area contributed by atoms with Gasteiger partial charge in [-0.05, 0) is 70.5 Å². The maximum Gasteiger partial charge on any atom is 0.410 e. The van der Waals surface area contributed by atoms with Crippen LogP contribution in [0.2, 0.25) is 0 Å². The number of fused-ring (bicyclic) bond motifs is 1. The molecule has 2 aliphatic heterocycles. The van der Waals surface area contributed by atoms with Gasteiger partial charge in [-0.15, -0.1) is 0 Å². The van der Waals surface area contributed by atoms with Crippen molar-refractivity contribution in [2.45, 2.75) is 59.7 Å². The number of methoxy groups -OCH3 is 1. The number of rotatable bonds is 9. The Kier molecular flexibility index (Phi) is 8.98. The molecule has 1 saturated heterocycles. The molecule has 11 nitrogen and oxygen atoms in total. The van der Waals surface area contributed by atoms with Crippen LogP contribution in [0.4, 0.5) is 4.79 Å². The summed E-state index contributed by atoms with van der Waals surface area (Å²) in [5, 5.41) is 2.79. The number of hydrogen-bond donors (Lipinski definition) is 1. The standard InChI is InChI=1S/C31H39N3O8/c1-7-40-28(37)31-19-33(29(38)42-30(3,4)5)15-14-25(31)34(18-21-9-12-22(39-6)13-10-21)27(36)24(31)16-26(35)32-17-23-11-8-20(2)41-23/h8-14,24H,7,15-19H2,1-6H3,(H,32,35)/t24-,31-/m1/s1. The van der Waals surface area contributed by atoms with E-state index in [1.165, 1.54) is 9.80 Å². The minimum absolute atomic E-state index is 0.0593. The summed E-state index contributed by atoms with van der Waals surface area (Å²) in [6, 6.07) is 10.8. The third-order valence-corrected chi connectivity index (χ3v) is 7.29. The number of carbonyl (C=O) groups is 4. The summed E-state index contributed by atoms with van der Waals surface area (Å²) < 4.78 is 21.9. The number of benzene rings is 1. The van der Waals surface area contributed by atoms with Crippen LogP contribution in [0.3, 0.4) is 0 Å². The number of esters is 1. The normalized spacial score (nSPS) is 20.1. The van der Waals surface area contributed by atoms with Crippen molar-refractivity contribution in [1.29, 1.82) is 0 Å². The minimum atomic E-state index is -1.60. The number of nitrogens with one attached hydrogen (secondary N) is 1. The second-order valence-electron chi connectivity index (χ2n) is 11.5. The third kappa shape index (κ3) is 6.45. The highest BCUT2D eigenvalue weighted by Gasteiger charge is 2.64. The van der Waals surface area contributed by atoms with Crippen LogP contribution in [0.25, 0.3) is 0 Å². The van der Waals surface area contributed by atoms with Gasteiger partial charge in [0.05, 0.1) is 32.7 Å². The summed E-state index contributed by atoms with van der Waals surface area (Å²) in [6.07, 6.45) is 0.768. The first-order valence-electron chi connectivity index (χ1n) is 14.0. The van der Waals surface area contributed by atoms with E-state index in [9.17, 15) is 19.2 Å². The number of furan rings is 1. The number of amides is 3. The van der Waals surface area contributed by atoms with Gasteiger partial charge in [-0.25, -0.2) is 4.79 Å². The van der Waals surface area contributed by atoms with Gasteiger partial charge >= 0.3 is 12.1 Å². The summed E-state index contributed by atoms with van der Waals surface area (Å²) in [7, 11) is 1.57. The SMILES string of the molecule is CCOC(=O)[C@@]12CN(C(=O)OC(C)(C)C)CC=C1N(Cc1ccc(OC)cc1)C(=O)[C@H]2CC(=O)NCc1ccc(C)o1. The Morgan fingerprint density at radius 2 is 1.83 bits per heavy atom. The summed E-state index contributed by atoms with van der Waals surface area (Å²) in [5.41, 5.74) is -1.15.